The Kier molecular flexibility index (Phi) is 2.23. The highest BCUT2D eigenvalue weighted by molar-refractivity contribution is 5.73. The number of hydrogen-bond acceptors (Lipinski definition) is 7. The van der Waals surface area contributed by atoms with Gasteiger partial charge in [0.05, 0.1) is 36.8 Å². The standard InChI is InChI=1S/C12H14N6O/c13-11-10-8(15-6-16-11)3-9-12(17-10)18-2-1-14-7(4-18)5-19-9/h1,3,5,11,15-16H,2,4,6,13H2. The molecular formula is C12H14N6O. The van der Waals surface area contributed by atoms with Crippen molar-refractivity contribution in [1.82, 2.24) is 10.3 Å². The van der Waals surface area contributed by atoms with Crippen LogP contribution in [0.3, 0.4) is 0 Å². The Morgan fingerprint density at radius 1 is 1.47 bits per heavy atom. The van der Waals surface area contributed by atoms with Crippen LogP contribution in [-0.4, -0.2) is 31.0 Å². The summed E-state index contributed by atoms with van der Waals surface area (Å²) in [7, 11) is 0. The molecule has 0 saturated carbocycles. The molecule has 0 saturated heterocycles. The van der Waals surface area contributed by atoms with Gasteiger partial charge in [-0.3, -0.25) is 10.3 Å². The molecular weight excluding hydrogens is 244 g/mol. The average molecular weight is 258 g/mol. The molecule has 19 heavy (non-hydrogen) atoms. The molecule has 0 amide bonds. The molecule has 0 fully saturated rings. The summed E-state index contributed by atoms with van der Waals surface area (Å²) in [6.45, 7) is 2.07. The summed E-state index contributed by atoms with van der Waals surface area (Å²) in [6.07, 6.45) is 3.30. The summed E-state index contributed by atoms with van der Waals surface area (Å²) in [5.41, 5.74) is 8.67. The largest absolute Gasteiger partial charge is 0.459 e. The number of nitrogens with one attached hydrogen (secondary N) is 2. The Bertz CT molecular complexity index is 596. The normalized spacial score (nSPS) is 23.5. The number of aliphatic imine (C=N–C) groups is 1. The van der Waals surface area contributed by atoms with Crippen molar-refractivity contribution in [3.05, 3.63) is 23.7 Å². The van der Waals surface area contributed by atoms with E-state index in [1.54, 1.807) is 6.26 Å². The molecule has 2 bridgehead atoms. The zero-order chi connectivity index (χ0) is 12.8. The van der Waals surface area contributed by atoms with Gasteiger partial charge in [-0.2, -0.15) is 0 Å². The first-order valence-electron chi connectivity index (χ1n) is 6.22. The molecule has 0 aliphatic carbocycles. The van der Waals surface area contributed by atoms with Gasteiger partial charge in [-0.25, -0.2) is 4.98 Å². The van der Waals surface area contributed by atoms with Crippen LogP contribution in [0, 0.1) is 0 Å². The highest BCUT2D eigenvalue weighted by atomic mass is 16.5. The van der Waals surface area contributed by atoms with Crippen molar-refractivity contribution >= 4 is 17.7 Å². The van der Waals surface area contributed by atoms with Gasteiger partial charge < -0.3 is 20.7 Å². The third kappa shape index (κ3) is 1.66. The first kappa shape index (κ1) is 10.8. The van der Waals surface area contributed by atoms with Crippen molar-refractivity contribution in [2.75, 3.05) is 30.0 Å². The first-order chi connectivity index (χ1) is 9.31. The maximum absolute atomic E-state index is 6.03. The van der Waals surface area contributed by atoms with E-state index in [1.807, 2.05) is 12.3 Å². The first-order valence-corrected chi connectivity index (χ1v) is 6.22. The monoisotopic (exact) mass is 258 g/mol. The molecule has 1 aromatic heterocycles. The third-order valence-corrected chi connectivity index (χ3v) is 3.43. The van der Waals surface area contributed by atoms with Crippen LogP contribution in [-0.2, 0) is 0 Å². The zero-order valence-electron chi connectivity index (χ0n) is 10.3. The number of anilines is 2. The average Bonchev–Trinajstić information content (AvgIpc) is 2.55. The maximum Gasteiger partial charge on any atom is 0.173 e. The third-order valence-electron chi connectivity index (χ3n) is 3.43. The van der Waals surface area contributed by atoms with Crippen molar-refractivity contribution in [3.63, 3.8) is 0 Å². The zero-order valence-corrected chi connectivity index (χ0v) is 10.3. The van der Waals surface area contributed by atoms with Crippen LogP contribution in [0.4, 0.5) is 11.5 Å². The number of pyridine rings is 1. The minimum atomic E-state index is -0.254. The van der Waals surface area contributed by atoms with Crippen molar-refractivity contribution in [3.8, 4) is 5.75 Å². The molecule has 7 nitrogen and oxygen atoms in total. The van der Waals surface area contributed by atoms with Crippen LogP contribution in [0.15, 0.2) is 23.0 Å². The van der Waals surface area contributed by atoms with Gasteiger partial charge in [0.15, 0.2) is 11.6 Å². The molecule has 4 N–H and O–H groups in total. The Morgan fingerprint density at radius 2 is 2.42 bits per heavy atom. The number of nitrogens with zero attached hydrogens (tertiary/aromatic N) is 3. The van der Waals surface area contributed by atoms with Gasteiger partial charge in [-0.15, -0.1) is 0 Å². The van der Waals surface area contributed by atoms with Crippen LogP contribution in [0.2, 0.25) is 0 Å². The lowest BCUT2D eigenvalue weighted by molar-refractivity contribution is 0.475. The molecule has 1 atom stereocenters. The fourth-order valence-electron chi connectivity index (χ4n) is 2.46. The van der Waals surface area contributed by atoms with Crippen LogP contribution in [0.1, 0.15) is 11.9 Å². The molecule has 4 heterocycles. The van der Waals surface area contributed by atoms with E-state index in [9.17, 15) is 0 Å². The predicted octanol–water partition coefficient (Wildman–Crippen LogP) is 0.136. The Morgan fingerprint density at radius 3 is 3.37 bits per heavy atom. The molecule has 3 aliphatic rings. The lowest BCUT2D eigenvalue weighted by Crippen LogP contribution is -2.39. The maximum atomic E-state index is 6.03. The van der Waals surface area contributed by atoms with Gasteiger partial charge in [0.1, 0.15) is 12.4 Å². The summed E-state index contributed by atoms with van der Waals surface area (Å²) in [5, 5.41) is 6.34. The predicted molar refractivity (Wildman–Crippen MR) is 72.2 cm³/mol. The van der Waals surface area contributed by atoms with E-state index in [1.165, 1.54) is 0 Å². The smallest absolute Gasteiger partial charge is 0.173 e. The minimum Gasteiger partial charge on any atom is -0.459 e. The van der Waals surface area contributed by atoms with E-state index in [4.69, 9.17) is 10.5 Å². The summed E-state index contributed by atoms with van der Waals surface area (Å²) >= 11 is 0. The van der Waals surface area contributed by atoms with Gasteiger partial charge in [0.2, 0.25) is 0 Å². The summed E-state index contributed by atoms with van der Waals surface area (Å²) in [5.74, 6) is 1.55. The quantitative estimate of drug-likeness (QED) is 0.613. The molecule has 0 aromatic carbocycles. The molecule has 7 heteroatoms. The summed E-state index contributed by atoms with van der Waals surface area (Å²) in [4.78, 5) is 11.1. The molecule has 1 unspecified atom stereocenters. The minimum absolute atomic E-state index is 0.254. The van der Waals surface area contributed by atoms with Crippen LogP contribution in [0.5, 0.6) is 5.75 Å². The van der Waals surface area contributed by atoms with Crippen LogP contribution in [0.25, 0.3) is 0 Å². The van der Waals surface area contributed by atoms with E-state index in [2.05, 4.69) is 25.5 Å². The van der Waals surface area contributed by atoms with E-state index in [-0.39, 0.29) is 6.17 Å². The van der Waals surface area contributed by atoms with E-state index >= 15 is 0 Å². The van der Waals surface area contributed by atoms with Crippen LogP contribution >= 0.6 is 0 Å². The second-order valence-corrected chi connectivity index (χ2v) is 4.70. The number of fused-ring (bicyclic) bond motifs is 5. The van der Waals surface area contributed by atoms with Gasteiger partial charge in [0.25, 0.3) is 0 Å². The highest BCUT2D eigenvalue weighted by Crippen LogP contribution is 2.36. The van der Waals surface area contributed by atoms with E-state index < -0.39 is 0 Å². The summed E-state index contributed by atoms with van der Waals surface area (Å²) < 4.78 is 5.68. The lowest BCUT2D eigenvalue weighted by Gasteiger charge is -2.28. The Balaban J connectivity index is 1.85. The molecule has 98 valence electrons. The van der Waals surface area contributed by atoms with Gasteiger partial charge in [-0.1, -0.05) is 0 Å². The molecule has 1 aromatic rings. The Hall–Kier alpha value is -2.12. The second-order valence-electron chi connectivity index (χ2n) is 4.70. The Labute approximate surface area is 110 Å². The molecule has 0 spiro atoms. The van der Waals surface area contributed by atoms with Crippen LogP contribution < -0.4 is 26.0 Å². The molecule has 4 rings (SSSR count). The highest BCUT2D eigenvalue weighted by Gasteiger charge is 2.26. The van der Waals surface area contributed by atoms with E-state index in [0.717, 1.165) is 35.2 Å². The van der Waals surface area contributed by atoms with Crippen molar-refractivity contribution in [2.24, 2.45) is 10.7 Å². The van der Waals surface area contributed by atoms with Crippen molar-refractivity contribution < 1.29 is 4.74 Å². The topological polar surface area (TPSA) is 87.8 Å². The lowest BCUT2D eigenvalue weighted by atomic mass is 10.2. The van der Waals surface area contributed by atoms with Crippen molar-refractivity contribution in [1.29, 1.82) is 0 Å². The number of rotatable bonds is 0. The fourth-order valence-corrected chi connectivity index (χ4v) is 2.46. The molecule has 3 aliphatic heterocycles. The second kappa shape index (κ2) is 3.94. The van der Waals surface area contributed by atoms with Gasteiger partial charge in [0, 0.05) is 12.3 Å². The number of nitrogens with two attached hydrogens (primary N) is 1. The van der Waals surface area contributed by atoms with Gasteiger partial charge >= 0.3 is 0 Å². The number of ether oxygens (including phenoxy) is 1. The number of hydrogen-bond donors (Lipinski definition) is 3. The molecule has 0 radical (unpaired) electrons. The van der Waals surface area contributed by atoms with Gasteiger partial charge in [-0.05, 0) is 0 Å². The summed E-state index contributed by atoms with van der Waals surface area (Å²) in [6, 6.07) is 1.95. The fraction of sp³-hybridized carbons (Fsp3) is 0.333. The SMILES string of the molecule is NC1NCNc2cc3c(nc21)N1CC=NC(=CO3)C1. The van der Waals surface area contributed by atoms with E-state index in [0.29, 0.717) is 13.2 Å². The van der Waals surface area contributed by atoms with Crippen molar-refractivity contribution in [2.45, 2.75) is 6.17 Å². The number of aromatic nitrogens is 1.